The molecule has 0 saturated heterocycles. The molecule has 3 rings (SSSR count). The van der Waals surface area contributed by atoms with Crippen molar-refractivity contribution >= 4 is 17.3 Å². The Kier molecular flexibility index (Phi) is 5.16. The highest BCUT2D eigenvalue weighted by atomic mass is 16.4. The van der Waals surface area contributed by atoms with Gasteiger partial charge in [-0.25, -0.2) is 0 Å². The Bertz CT molecular complexity index is 819. The second kappa shape index (κ2) is 7.36. The van der Waals surface area contributed by atoms with Crippen molar-refractivity contribution in [2.75, 3.05) is 12.0 Å². The number of carbonyl (C=O) groups is 1. The van der Waals surface area contributed by atoms with Gasteiger partial charge in [-0.15, -0.1) is 0 Å². The third-order valence-corrected chi connectivity index (χ3v) is 4.63. The lowest BCUT2D eigenvalue weighted by Gasteiger charge is -2.29. The van der Waals surface area contributed by atoms with Gasteiger partial charge in [0.05, 0.1) is 11.4 Å². The molecule has 0 radical (unpaired) electrons. The maximum atomic E-state index is 12.4. The van der Waals surface area contributed by atoms with E-state index >= 15 is 0 Å². The number of hydrogen-bond donors (Lipinski definition) is 2. The molecule has 0 atom stereocenters. The summed E-state index contributed by atoms with van der Waals surface area (Å²) in [6, 6.07) is 9.87. The summed E-state index contributed by atoms with van der Waals surface area (Å²) in [7, 11) is 0. The van der Waals surface area contributed by atoms with Crippen molar-refractivity contribution in [1.82, 2.24) is 5.32 Å². The van der Waals surface area contributed by atoms with Crippen molar-refractivity contribution in [3.05, 3.63) is 53.0 Å². The highest BCUT2D eigenvalue weighted by molar-refractivity contribution is 6.07. The van der Waals surface area contributed by atoms with E-state index < -0.39 is 0 Å². The van der Waals surface area contributed by atoms with E-state index in [2.05, 4.69) is 29.7 Å². The van der Waals surface area contributed by atoms with Gasteiger partial charge < -0.3 is 9.73 Å². The zero-order chi connectivity index (χ0) is 18.7. The SMILES string of the molecule is CCCNC(=O)c1oc2c(c1C)/C(=N\Nc1ccccc1)CC(C)(C)C2. The van der Waals surface area contributed by atoms with Crippen LogP contribution < -0.4 is 10.7 Å². The van der Waals surface area contributed by atoms with Crippen molar-refractivity contribution in [2.24, 2.45) is 10.5 Å². The normalized spacial score (nSPS) is 17.0. The Labute approximate surface area is 154 Å². The maximum Gasteiger partial charge on any atom is 0.287 e. The number of para-hydroxylation sites is 1. The summed E-state index contributed by atoms with van der Waals surface area (Å²) >= 11 is 0. The number of nitrogens with one attached hydrogen (secondary N) is 2. The summed E-state index contributed by atoms with van der Waals surface area (Å²) in [6.45, 7) is 9.01. The monoisotopic (exact) mass is 353 g/mol. The lowest BCUT2D eigenvalue weighted by atomic mass is 9.75. The summed E-state index contributed by atoms with van der Waals surface area (Å²) < 4.78 is 5.99. The number of nitrogens with zero attached hydrogens (tertiary/aromatic N) is 1. The zero-order valence-corrected chi connectivity index (χ0v) is 16.0. The molecule has 1 aliphatic carbocycles. The molecule has 1 amide bonds. The molecule has 26 heavy (non-hydrogen) atoms. The number of benzene rings is 1. The Balaban J connectivity index is 1.96. The first-order valence-corrected chi connectivity index (χ1v) is 9.20. The topological polar surface area (TPSA) is 66.6 Å². The number of hydrazone groups is 1. The quantitative estimate of drug-likeness (QED) is 0.777. The fraction of sp³-hybridized carbons (Fsp3) is 0.429. The van der Waals surface area contributed by atoms with Gasteiger partial charge in [0.25, 0.3) is 5.91 Å². The second-order valence-corrected chi connectivity index (χ2v) is 7.66. The zero-order valence-electron chi connectivity index (χ0n) is 16.0. The van der Waals surface area contributed by atoms with Gasteiger partial charge in [-0.1, -0.05) is 39.0 Å². The Morgan fingerprint density at radius 2 is 1.96 bits per heavy atom. The Morgan fingerprint density at radius 3 is 2.65 bits per heavy atom. The minimum absolute atomic E-state index is 0.0334. The van der Waals surface area contributed by atoms with Crippen LogP contribution in [0, 0.1) is 12.3 Å². The molecule has 2 N–H and O–H groups in total. The molecule has 1 aromatic carbocycles. The van der Waals surface area contributed by atoms with E-state index in [1.54, 1.807) is 0 Å². The molecule has 0 fully saturated rings. The predicted molar refractivity (Wildman–Crippen MR) is 105 cm³/mol. The first-order valence-electron chi connectivity index (χ1n) is 9.20. The van der Waals surface area contributed by atoms with Crippen molar-refractivity contribution in [3.8, 4) is 0 Å². The predicted octanol–water partition coefficient (Wildman–Crippen LogP) is 4.52. The number of rotatable bonds is 5. The van der Waals surface area contributed by atoms with Gasteiger partial charge in [0.1, 0.15) is 5.76 Å². The molecule has 138 valence electrons. The van der Waals surface area contributed by atoms with E-state index in [4.69, 9.17) is 4.42 Å². The largest absolute Gasteiger partial charge is 0.455 e. The molecule has 2 aromatic rings. The summed E-state index contributed by atoms with van der Waals surface area (Å²) in [6.07, 6.45) is 2.52. The van der Waals surface area contributed by atoms with E-state index in [1.807, 2.05) is 44.2 Å². The van der Waals surface area contributed by atoms with Crippen LogP contribution >= 0.6 is 0 Å². The molecule has 1 heterocycles. The van der Waals surface area contributed by atoms with Gasteiger partial charge in [0, 0.05) is 24.1 Å². The molecule has 5 heteroatoms. The van der Waals surface area contributed by atoms with Crippen LogP contribution in [0.2, 0.25) is 0 Å². The van der Waals surface area contributed by atoms with Gasteiger partial charge in [-0.3, -0.25) is 10.2 Å². The van der Waals surface area contributed by atoms with Crippen LogP contribution in [0.15, 0.2) is 39.9 Å². The Hall–Kier alpha value is -2.56. The maximum absolute atomic E-state index is 12.4. The lowest BCUT2D eigenvalue weighted by Crippen LogP contribution is -2.27. The van der Waals surface area contributed by atoms with Gasteiger partial charge >= 0.3 is 0 Å². The second-order valence-electron chi connectivity index (χ2n) is 7.66. The van der Waals surface area contributed by atoms with Crippen molar-refractivity contribution in [2.45, 2.75) is 47.0 Å². The fourth-order valence-corrected chi connectivity index (χ4v) is 3.39. The van der Waals surface area contributed by atoms with Crippen LogP contribution in [0.3, 0.4) is 0 Å². The van der Waals surface area contributed by atoms with Crippen molar-refractivity contribution in [3.63, 3.8) is 0 Å². The third-order valence-electron chi connectivity index (χ3n) is 4.63. The molecule has 0 aliphatic heterocycles. The van der Waals surface area contributed by atoms with Crippen LogP contribution in [0.5, 0.6) is 0 Å². The minimum atomic E-state index is -0.146. The van der Waals surface area contributed by atoms with Crippen LogP contribution in [-0.4, -0.2) is 18.2 Å². The molecule has 5 nitrogen and oxygen atoms in total. The van der Waals surface area contributed by atoms with E-state index in [0.717, 1.165) is 47.5 Å². The highest BCUT2D eigenvalue weighted by Gasteiger charge is 2.36. The van der Waals surface area contributed by atoms with Gasteiger partial charge in [0.15, 0.2) is 5.76 Å². The number of furan rings is 1. The number of hydrogen-bond acceptors (Lipinski definition) is 4. The average molecular weight is 353 g/mol. The first-order chi connectivity index (χ1) is 12.4. The number of anilines is 1. The fourth-order valence-electron chi connectivity index (χ4n) is 3.39. The van der Waals surface area contributed by atoms with E-state index in [0.29, 0.717) is 12.3 Å². The molecule has 1 aliphatic rings. The molecule has 0 saturated carbocycles. The Morgan fingerprint density at radius 1 is 1.23 bits per heavy atom. The standard InChI is InChI=1S/C21H27N3O2/c1-5-11-22-20(25)19-14(2)18-16(12-21(3,4)13-17(18)26-19)24-23-15-9-7-6-8-10-15/h6-10,23H,5,11-13H2,1-4H3,(H,22,25)/b24-16-. The highest BCUT2D eigenvalue weighted by Crippen LogP contribution is 2.38. The average Bonchev–Trinajstić information content (AvgIpc) is 2.93. The molecule has 0 bridgehead atoms. The van der Waals surface area contributed by atoms with E-state index in [1.165, 1.54) is 0 Å². The summed E-state index contributed by atoms with van der Waals surface area (Å²) in [5, 5.41) is 7.56. The summed E-state index contributed by atoms with van der Waals surface area (Å²) in [4.78, 5) is 12.4. The molecule has 0 spiro atoms. The summed E-state index contributed by atoms with van der Waals surface area (Å²) in [5.74, 6) is 1.12. The number of carbonyl (C=O) groups excluding carboxylic acids is 1. The van der Waals surface area contributed by atoms with Gasteiger partial charge in [-0.2, -0.15) is 5.10 Å². The van der Waals surface area contributed by atoms with Crippen LogP contribution in [0.1, 0.15) is 61.1 Å². The summed E-state index contributed by atoms with van der Waals surface area (Å²) in [5.41, 5.74) is 6.90. The van der Waals surface area contributed by atoms with Crippen molar-refractivity contribution < 1.29 is 9.21 Å². The lowest BCUT2D eigenvalue weighted by molar-refractivity contribution is 0.0922. The molecule has 0 unspecified atom stereocenters. The first kappa shape index (κ1) is 18.2. The van der Waals surface area contributed by atoms with Crippen LogP contribution in [-0.2, 0) is 6.42 Å². The smallest absolute Gasteiger partial charge is 0.287 e. The van der Waals surface area contributed by atoms with Crippen LogP contribution in [0.25, 0.3) is 0 Å². The van der Waals surface area contributed by atoms with Gasteiger partial charge in [0.2, 0.25) is 0 Å². The number of amides is 1. The molecular weight excluding hydrogens is 326 g/mol. The van der Waals surface area contributed by atoms with E-state index in [-0.39, 0.29) is 11.3 Å². The third kappa shape index (κ3) is 3.82. The van der Waals surface area contributed by atoms with Crippen molar-refractivity contribution in [1.29, 1.82) is 0 Å². The van der Waals surface area contributed by atoms with E-state index in [9.17, 15) is 4.79 Å². The van der Waals surface area contributed by atoms with Crippen LogP contribution in [0.4, 0.5) is 5.69 Å². The van der Waals surface area contributed by atoms with Gasteiger partial charge in [-0.05, 0) is 37.3 Å². The molecular formula is C21H27N3O2. The number of fused-ring (bicyclic) bond motifs is 1. The minimum Gasteiger partial charge on any atom is -0.455 e. The molecule has 1 aromatic heterocycles.